The second kappa shape index (κ2) is 5.04. The number of nitrogens with zero attached hydrogens (tertiary/aromatic N) is 3. The molecule has 0 amide bonds. The van der Waals surface area contributed by atoms with Crippen molar-refractivity contribution < 1.29 is 0 Å². The van der Waals surface area contributed by atoms with E-state index in [4.69, 9.17) is 0 Å². The Kier molecular flexibility index (Phi) is 3.39. The van der Waals surface area contributed by atoms with Crippen molar-refractivity contribution in [3.05, 3.63) is 20.8 Å². The second-order valence-corrected chi connectivity index (χ2v) is 6.59. The molecule has 102 valence electrons. The first-order chi connectivity index (χ1) is 9.20. The minimum Gasteiger partial charge on any atom is -0.267 e. The Balaban J connectivity index is 2.12. The van der Waals surface area contributed by atoms with E-state index in [0.29, 0.717) is 6.54 Å². The molecule has 4 nitrogen and oxygen atoms in total. The molecule has 0 aromatic carbocycles. The molecule has 0 saturated heterocycles. The Morgan fingerprint density at radius 1 is 1.47 bits per heavy atom. The summed E-state index contributed by atoms with van der Waals surface area (Å²) in [7, 11) is 0. The van der Waals surface area contributed by atoms with E-state index in [9.17, 15) is 4.79 Å². The predicted molar refractivity (Wildman–Crippen MR) is 77.8 cm³/mol. The molecule has 0 aliphatic heterocycles. The van der Waals surface area contributed by atoms with Gasteiger partial charge in [-0.25, -0.2) is 4.68 Å². The molecule has 1 unspecified atom stereocenters. The molecule has 5 heteroatoms. The number of fused-ring (bicyclic) bond motifs is 3. The molecular weight excluding hydrogens is 258 g/mol. The van der Waals surface area contributed by atoms with E-state index >= 15 is 0 Å². The van der Waals surface area contributed by atoms with Crippen LogP contribution in [0.1, 0.15) is 43.6 Å². The molecule has 2 aromatic rings. The minimum absolute atomic E-state index is 0.0607. The van der Waals surface area contributed by atoms with Crippen molar-refractivity contribution in [3.63, 3.8) is 0 Å². The van der Waals surface area contributed by atoms with Gasteiger partial charge in [-0.05, 0) is 37.2 Å². The largest absolute Gasteiger partial charge is 0.278 e. The van der Waals surface area contributed by atoms with Crippen LogP contribution in [0.25, 0.3) is 10.2 Å². The van der Waals surface area contributed by atoms with Crippen LogP contribution >= 0.6 is 11.3 Å². The fraction of sp³-hybridized carbons (Fsp3) is 0.643. The highest BCUT2D eigenvalue weighted by Crippen LogP contribution is 2.35. The number of hydrogen-bond donors (Lipinski definition) is 0. The van der Waals surface area contributed by atoms with Crippen molar-refractivity contribution in [2.75, 3.05) is 0 Å². The maximum Gasteiger partial charge on any atom is 0.278 e. The molecule has 19 heavy (non-hydrogen) atoms. The zero-order chi connectivity index (χ0) is 13.4. The van der Waals surface area contributed by atoms with Crippen LogP contribution in [0.15, 0.2) is 4.79 Å². The number of unbranched alkanes of at least 4 members (excludes halogenated alkanes) is 1. The van der Waals surface area contributed by atoms with Gasteiger partial charge in [-0.15, -0.1) is 16.4 Å². The zero-order valence-corrected chi connectivity index (χ0v) is 12.3. The molecule has 0 radical (unpaired) electrons. The first-order valence-corrected chi connectivity index (χ1v) is 7.90. The number of rotatable bonds is 3. The van der Waals surface area contributed by atoms with E-state index in [0.717, 1.165) is 41.8 Å². The van der Waals surface area contributed by atoms with Gasteiger partial charge in [0, 0.05) is 11.4 Å². The average molecular weight is 277 g/mol. The fourth-order valence-corrected chi connectivity index (χ4v) is 4.06. The Morgan fingerprint density at radius 2 is 2.32 bits per heavy atom. The summed E-state index contributed by atoms with van der Waals surface area (Å²) in [5, 5.41) is 9.17. The van der Waals surface area contributed by atoms with Crippen molar-refractivity contribution in [2.24, 2.45) is 5.92 Å². The molecular formula is C14H19N3OS. The Labute approximate surface area is 116 Å². The number of hydrogen-bond acceptors (Lipinski definition) is 4. The van der Waals surface area contributed by atoms with Crippen molar-refractivity contribution in [3.8, 4) is 0 Å². The van der Waals surface area contributed by atoms with Gasteiger partial charge < -0.3 is 0 Å². The van der Waals surface area contributed by atoms with Crippen molar-refractivity contribution in [2.45, 2.75) is 52.5 Å². The normalized spacial score (nSPS) is 18.7. The molecule has 0 spiro atoms. The minimum atomic E-state index is 0.0607. The third-order valence-corrected chi connectivity index (χ3v) is 5.05. The SMILES string of the molecule is CCCCn1nnc2sc3c(c2c1=O)CCC(C)C3. The van der Waals surface area contributed by atoms with Crippen LogP contribution in [0.3, 0.4) is 0 Å². The van der Waals surface area contributed by atoms with E-state index in [2.05, 4.69) is 24.2 Å². The molecule has 1 atom stereocenters. The van der Waals surface area contributed by atoms with Crippen LogP contribution in [0.2, 0.25) is 0 Å². The van der Waals surface area contributed by atoms with Crippen LogP contribution in [0, 0.1) is 5.92 Å². The summed E-state index contributed by atoms with van der Waals surface area (Å²) >= 11 is 1.66. The Bertz CT molecular complexity index is 658. The third kappa shape index (κ3) is 2.20. The predicted octanol–water partition coefficient (Wildman–Crippen LogP) is 2.78. The van der Waals surface area contributed by atoms with E-state index in [1.54, 1.807) is 11.3 Å². The highest BCUT2D eigenvalue weighted by Gasteiger charge is 2.23. The maximum absolute atomic E-state index is 12.5. The van der Waals surface area contributed by atoms with Crippen LogP contribution in [-0.2, 0) is 19.4 Å². The van der Waals surface area contributed by atoms with Gasteiger partial charge in [0.25, 0.3) is 5.56 Å². The van der Waals surface area contributed by atoms with Crippen molar-refractivity contribution >= 4 is 21.6 Å². The van der Waals surface area contributed by atoms with Gasteiger partial charge in [-0.1, -0.05) is 25.5 Å². The molecule has 2 aromatic heterocycles. The van der Waals surface area contributed by atoms with Gasteiger partial charge in [0.2, 0.25) is 0 Å². The quantitative estimate of drug-likeness (QED) is 0.866. The van der Waals surface area contributed by atoms with Gasteiger partial charge >= 0.3 is 0 Å². The lowest BCUT2D eigenvalue weighted by atomic mass is 9.89. The maximum atomic E-state index is 12.5. The Hall–Kier alpha value is -1.23. The molecule has 1 aliphatic rings. The van der Waals surface area contributed by atoms with Gasteiger partial charge in [0.15, 0.2) is 4.83 Å². The molecule has 0 bridgehead atoms. The average Bonchev–Trinajstić information content (AvgIpc) is 2.76. The van der Waals surface area contributed by atoms with Gasteiger partial charge in [-0.3, -0.25) is 4.79 Å². The highest BCUT2D eigenvalue weighted by molar-refractivity contribution is 7.18. The van der Waals surface area contributed by atoms with E-state index in [1.807, 2.05) is 0 Å². The van der Waals surface area contributed by atoms with E-state index in [1.165, 1.54) is 21.5 Å². The summed E-state index contributed by atoms with van der Waals surface area (Å²) in [6.07, 6.45) is 5.32. The molecule has 0 fully saturated rings. The van der Waals surface area contributed by atoms with Crippen molar-refractivity contribution in [1.29, 1.82) is 0 Å². The smallest absolute Gasteiger partial charge is 0.267 e. The summed E-state index contributed by atoms with van der Waals surface area (Å²) in [6, 6.07) is 0. The lowest BCUT2D eigenvalue weighted by Crippen LogP contribution is -2.24. The monoisotopic (exact) mass is 277 g/mol. The van der Waals surface area contributed by atoms with Crippen LogP contribution < -0.4 is 5.56 Å². The van der Waals surface area contributed by atoms with E-state index in [-0.39, 0.29) is 5.56 Å². The summed E-state index contributed by atoms with van der Waals surface area (Å²) in [5.74, 6) is 0.718. The summed E-state index contributed by atoms with van der Waals surface area (Å²) in [5.41, 5.74) is 1.31. The lowest BCUT2D eigenvalue weighted by Gasteiger charge is -2.17. The number of aryl methyl sites for hydroxylation is 2. The van der Waals surface area contributed by atoms with Crippen molar-refractivity contribution in [1.82, 2.24) is 15.0 Å². The molecule has 3 rings (SSSR count). The first-order valence-electron chi connectivity index (χ1n) is 7.08. The lowest BCUT2D eigenvalue weighted by molar-refractivity contribution is 0.506. The van der Waals surface area contributed by atoms with Crippen LogP contribution in [-0.4, -0.2) is 15.0 Å². The third-order valence-electron chi connectivity index (χ3n) is 3.91. The fourth-order valence-electron chi connectivity index (χ4n) is 2.75. The van der Waals surface area contributed by atoms with E-state index < -0.39 is 0 Å². The first kappa shape index (κ1) is 12.8. The van der Waals surface area contributed by atoms with Gasteiger partial charge in [0.05, 0.1) is 5.39 Å². The van der Waals surface area contributed by atoms with Gasteiger partial charge in [0.1, 0.15) is 0 Å². The molecule has 0 saturated carbocycles. The number of aromatic nitrogens is 3. The molecule has 2 heterocycles. The highest BCUT2D eigenvalue weighted by atomic mass is 32.1. The molecule has 0 N–H and O–H groups in total. The van der Waals surface area contributed by atoms with Crippen LogP contribution in [0.5, 0.6) is 0 Å². The topological polar surface area (TPSA) is 47.8 Å². The zero-order valence-electron chi connectivity index (χ0n) is 11.5. The van der Waals surface area contributed by atoms with Crippen LogP contribution in [0.4, 0.5) is 0 Å². The number of thiophene rings is 1. The summed E-state index contributed by atoms with van der Waals surface area (Å²) in [6.45, 7) is 5.07. The van der Waals surface area contributed by atoms with Gasteiger partial charge in [-0.2, -0.15) is 0 Å². The second-order valence-electron chi connectivity index (χ2n) is 5.50. The molecule has 1 aliphatic carbocycles. The summed E-state index contributed by atoms with van der Waals surface area (Å²) < 4.78 is 1.54. The standard InChI is InChI=1S/C14H19N3OS/c1-3-4-7-17-14(18)12-10-6-5-9(2)8-11(10)19-13(12)15-16-17/h9H,3-8H2,1-2H3. The summed E-state index contributed by atoms with van der Waals surface area (Å²) in [4.78, 5) is 14.7. The Morgan fingerprint density at radius 3 is 3.11 bits per heavy atom.